The monoisotopic (exact) mass is 407 g/mol. The normalized spacial score (nSPS) is 12.9. The molecule has 0 aliphatic heterocycles. The number of nitrogens with zero attached hydrogens (tertiary/aromatic N) is 2. The Labute approximate surface area is 167 Å². The number of hydrogen-bond donors (Lipinski definition) is 1. The summed E-state index contributed by atoms with van der Waals surface area (Å²) in [6.07, 6.45) is 3.39. The van der Waals surface area contributed by atoms with Crippen molar-refractivity contribution in [2.24, 2.45) is 0 Å². The summed E-state index contributed by atoms with van der Waals surface area (Å²) >= 11 is 13.8. The molecule has 7 heteroatoms. The minimum absolute atomic E-state index is 0.0783. The number of benzene rings is 1. The maximum absolute atomic E-state index is 12.3. The van der Waals surface area contributed by atoms with Crippen LogP contribution in [0.15, 0.2) is 18.2 Å². The molecule has 0 unspecified atom stereocenters. The highest BCUT2D eigenvalue weighted by molar-refractivity contribution is 7.16. The van der Waals surface area contributed by atoms with Gasteiger partial charge >= 0.3 is 0 Å². The number of hydrogen-bond acceptors (Lipinski definition) is 4. The summed E-state index contributed by atoms with van der Waals surface area (Å²) in [6.45, 7) is 1.20. The van der Waals surface area contributed by atoms with Crippen molar-refractivity contribution in [1.82, 2.24) is 4.90 Å². The number of nitriles is 1. The van der Waals surface area contributed by atoms with Crippen LogP contribution in [0, 0.1) is 11.3 Å². The molecule has 2 aromatic rings. The molecule has 0 saturated carbocycles. The number of nitrogens with one attached hydrogen (secondary N) is 1. The van der Waals surface area contributed by atoms with Gasteiger partial charge < -0.3 is 10.2 Å². The molecule has 1 aromatic carbocycles. The van der Waals surface area contributed by atoms with E-state index >= 15 is 0 Å². The first-order valence-electron chi connectivity index (χ1n) is 8.45. The van der Waals surface area contributed by atoms with Crippen molar-refractivity contribution < 1.29 is 4.79 Å². The predicted octanol–water partition coefficient (Wildman–Crippen LogP) is 4.88. The van der Waals surface area contributed by atoms with E-state index < -0.39 is 0 Å². The van der Waals surface area contributed by atoms with Crippen LogP contribution in [0.2, 0.25) is 10.0 Å². The number of amides is 1. The highest BCUT2D eigenvalue weighted by Gasteiger charge is 2.23. The van der Waals surface area contributed by atoms with Crippen LogP contribution in [0.5, 0.6) is 0 Å². The number of thiophene rings is 1. The Morgan fingerprint density at radius 1 is 1.38 bits per heavy atom. The van der Waals surface area contributed by atoms with Crippen molar-refractivity contribution in [3.8, 4) is 6.07 Å². The smallest absolute Gasteiger partial charge is 0.226 e. The van der Waals surface area contributed by atoms with E-state index in [-0.39, 0.29) is 5.91 Å². The Hall–Kier alpha value is -1.58. The fourth-order valence-electron chi connectivity index (χ4n) is 3.13. The number of fused-ring (bicyclic) bond motifs is 1. The number of carbonyl (C=O) groups excluding carboxylic acids is 1. The summed E-state index contributed by atoms with van der Waals surface area (Å²) < 4.78 is 0. The molecule has 1 heterocycles. The molecule has 136 valence electrons. The van der Waals surface area contributed by atoms with Gasteiger partial charge in [0.05, 0.1) is 15.6 Å². The van der Waals surface area contributed by atoms with Gasteiger partial charge in [0.1, 0.15) is 11.1 Å². The van der Waals surface area contributed by atoms with Gasteiger partial charge in [0, 0.05) is 24.4 Å². The molecule has 1 amide bonds. The molecular formula is C19H19Cl2N3OS. The maximum atomic E-state index is 12.3. The van der Waals surface area contributed by atoms with Crippen molar-refractivity contribution in [2.75, 3.05) is 18.9 Å². The minimum Gasteiger partial charge on any atom is -0.317 e. The quantitative estimate of drug-likeness (QED) is 0.742. The van der Waals surface area contributed by atoms with Crippen LogP contribution in [0.1, 0.15) is 34.4 Å². The Bertz CT molecular complexity index is 872. The molecule has 0 fully saturated rings. The molecule has 1 aliphatic rings. The number of rotatable bonds is 6. The summed E-state index contributed by atoms with van der Waals surface area (Å²) in [5.74, 6) is -0.0783. The van der Waals surface area contributed by atoms with E-state index in [0.717, 1.165) is 30.4 Å². The van der Waals surface area contributed by atoms with E-state index in [0.29, 0.717) is 40.1 Å². The summed E-state index contributed by atoms with van der Waals surface area (Å²) in [7, 11) is 1.94. The summed E-state index contributed by atoms with van der Waals surface area (Å²) in [5, 5.41) is 14.1. The summed E-state index contributed by atoms with van der Waals surface area (Å²) in [5.41, 5.74) is 2.71. The molecule has 26 heavy (non-hydrogen) atoms. The zero-order valence-corrected chi connectivity index (χ0v) is 16.8. The molecule has 1 aromatic heterocycles. The van der Waals surface area contributed by atoms with Gasteiger partial charge in [-0.1, -0.05) is 35.3 Å². The lowest BCUT2D eigenvalue weighted by atomic mass is 10.1. The molecule has 0 spiro atoms. The van der Waals surface area contributed by atoms with Gasteiger partial charge in [0.2, 0.25) is 5.91 Å². The number of halogens is 2. The highest BCUT2D eigenvalue weighted by atomic mass is 35.5. The zero-order valence-electron chi connectivity index (χ0n) is 14.4. The third kappa shape index (κ3) is 4.21. The Morgan fingerprint density at radius 3 is 2.96 bits per heavy atom. The average molecular weight is 408 g/mol. The molecule has 3 rings (SSSR count). The fraction of sp³-hybridized carbons (Fsp3) is 0.368. The van der Waals surface area contributed by atoms with E-state index in [1.54, 1.807) is 17.4 Å². The average Bonchev–Trinajstić information content (AvgIpc) is 3.17. The van der Waals surface area contributed by atoms with Gasteiger partial charge in [-0.05, 0) is 43.5 Å². The van der Waals surface area contributed by atoms with Crippen LogP contribution in [-0.4, -0.2) is 24.4 Å². The van der Waals surface area contributed by atoms with Crippen molar-refractivity contribution in [3.05, 3.63) is 49.8 Å². The molecular weight excluding hydrogens is 389 g/mol. The van der Waals surface area contributed by atoms with Crippen LogP contribution in [0.4, 0.5) is 5.00 Å². The van der Waals surface area contributed by atoms with Crippen LogP contribution in [0.25, 0.3) is 0 Å². The lowest BCUT2D eigenvalue weighted by Crippen LogP contribution is -2.24. The molecule has 1 aliphatic carbocycles. The molecule has 4 nitrogen and oxygen atoms in total. The van der Waals surface area contributed by atoms with Gasteiger partial charge in [-0.25, -0.2) is 0 Å². The Balaban J connectivity index is 1.55. The molecule has 0 saturated heterocycles. The molecule has 0 atom stereocenters. The zero-order chi connectivity index (χ0) is 18.7. The highest BCUT2D eigenvalue weighted by Crippen LogP contribution is 2.38. The summed E-state index contributed by atoms with van der Waals surface area (Å²) in [6, 6.07) is 7.80. The number of anilines is 1. The van der Waals surface area contributed by atoms with Crippen molar-refractivity contribution in [3.63, 3.8) is 0 Å². The van der Waals surface area contributed by atoms with Gasteiger partial charge in [0.15, 0.2) is 0 Å². The van der Waals surface area contributed by atoms with Gasteiger partial charge in [-0.15, -0.1) is 11.3 Å². The number of carbonyl (C=O) groups is 1. The topological polar surface area (TPSA) is 56.1 Å². The third-order valence-electron chi connectivity index (χ3n) is 4.48. The molecule has 0 radical (unpaired) electrons. The third-order valence-corrected chi connectivity index (χ3v) is 6.54. The Morgan fingerprint density at radius 2 is 2.19 bits per heavy atom. The minimum atomic E-state index is -0.0783. The van der Waals surface area contributed by atoms with Gasteiger partial charge in [-0.2, -0.15) is 5.26 Å². The lowest BCUT2D eigenvalue weighted by Gasteiger charge is -2.17. The van der Waals surface area contributed by atoms with Gasteiger partial charge in [-0.3, -0.25) is 4.79 Å². The van der Waals surface area contributed by atoms with Crippen molar-refractivity contribution in [1.29, 1.82) is 5.26 Å². The second-order valence-corrected chi connectivity index (χ2v) is 8.31. The second kappa shape index (κ2) is 8.41. The molecule has 1 N–H and O–H groups in total. The molecule has 0 bridgehead atoms. The fourth-order valence-corrected chi connectivity index (χ4v) is 4.77. The van der Waals surface area contributed by atoms with Crippen molar-refractivity contribution in [2.45, 2.75) is 32.2 Å². The van der Waals surface area contributed by atoms with Crippen LogP contribution >= 0.6 is 34.5 Å². The van der Waals surface area contributed by atoms with E-state index in [1.165, 1.54) is 4.88 Å². The van der Waals surface area contributed by atoms with E-state index in [2.05, 4.69) is 11.4 Å². The van der Waals surface area contributed by atoms with E-state index in [9.17, 15) is 10.1 Å². The maximum Gasteiger partial charge on any atom is 0.226 e. The van der Waals surface area contributed by atoms with E-state index in [1.807, 2.05) is 24.1 Å². The van der Waals surface area contributed by atoms with E-state index in [4.69, 9.17) is 23.2 Å². The van der Waals surface area contributed by atoms with Crippen molar-refractivity contribution >= 4 is 45.4 Å². The van der Waals surface area contributed by atoms with Gasteiger partial charge in [0.25, 0.3) is 0 Å². The second-order valence-electron chi connectivity index (χ2n) is 6.42. The SMILES string of the molecule is CN(CCC(=O)Nc1sc2c(c1C#N)CCC2)Cc1cccc(Cl)c1Cl. The number of aryl methyl sites for hydroxylation is 1. The first kappa shape index (κ1) is 19.2. The lowest BCUT2D eigenvalue weighted by molar-refractivity contribution is -0.116. The van der Waals surface area contributed by atoms with Crippen LogP contribution in [-0.2, 0) is 24.2 Å². The largest absolute Gasteiger partial charge is 0.317 e. The first-order valence-corrected chi connectivity index (χ1v) is 10.0. The Kier molecular flexibility index (Phi) is 6.20. The van der Waals surface area contributed by atoms with Crippen LogP contribution < -0.4 is 5.32 Å². The standard InChI is InChI=1S/C19H19Cl2N3OS/c1-24(11-12-4-2-6-15(20)18(12)21)9-8-17(25)23-19-14(10-22)13-5-3-7-16(13)26-19/h2,4,6H,3,5,7-9,11H2,1H3,(H,23,25). The summed E-state index contributed by atoms with van der Waals surface area (Å²) in [4.78, 5) is 15.6. The predicted molar refractivity (Wildman–Crippen MR) is 107 cm³/mol. The van der Waals surface area contributed by atoms with Crippen LogP contribution in [0.3, 0.4) is 0 Å². The first-order chi connectivity index (χ1) is 12.5.